The molecule has 4 rings (SSSR count). The molecule has 6 heteroatoms. The molecular formula is C19H21N5O. The third kappa shape index (κ3) is 3.21. The van der Waals surface area contributed by atoms with E-state index in [-0.39, 0.29) is 5.91 Å². The van der Waals surface area contributed by atoms with Gasteiger partial charge >= 0.3 is 0 Å². The molecule has 2 aromatic carbocycles. The number of nitrogens with one attached hydrogen (secondary N) is 2. The van der Waals surface area contributed by atoms with E-state index in [0.29, 0.717) is 5.56 Å². The molecule has 0 aliphatic carbocycles. The fraction of sp³-hybridized carbons (Fsp3) is 0.263. The zero-order valence-corrected chi connectivity index (χ0v) is 14.2. The van der Waals surface area contributed by atoms with Gasteiger partial charge in [-0.3, -0.25) is 9.89 Å². The zero-order valence-electron chi connectivity index (χ0n) is 14.2. The number of carbonyl (C=O) groups is 1. The maximum atomic E-state index is 12.6. The first-order chi connectivity index (χ1) is 12.2. The van der Waals surface area contributed by atoms with Gasteiger partial charge in [-0.2, -0.15) is 5.10 Å². The van der Waals surface area contributed by atoms with Crippen LogP contribution in [0.4, 0.5) is 11.4 Å². The lowest BCUT2D eigenvalue weighted by atomic mass is 10.1. The topological polar surface area (TPSA) is 64.3 Å². The van der Waals surface area contributed by atoms with Crippen molar-refractivity contribution < 1.29 is 4.79 Å². The number of fused-ring (bicyclic) bond motifs is 1. The standard InChI is InChI=1S/C19H21N5O/c1-23-9-11-24(12-10-23)16-7-5-15(6-8-16)21-19(25)17-4-2-3-14-13-20-22-18(14)17/h2-8,13H,9-12H2,1H3,(H,20,22)(H,21,25). The molecule has 0 radical (unpaired) electrons. The second-order valence-electron chi connectivity index (χ2n) is 6.43. The first-order valence-electron chi connectivity index (χ1n) is 8.48. The molecule has 128 valence electrons. The Hall–Kier alpha value is -2.86. The molecule has 2 heterocycles. The summed E-state index contributed by atoms with van der Waals surface area (Å²) >= 11 is 0. The molecule has 6 nitrogen and oxygen atoms in total. The minimum absolute atomic E-state index is 0.137. The van der Waals surface area contributed by atoms with E-state index >= 15 is 0 Å². The maximum Gasteiger partial charge on any atom is 0.257 e. The molecule has 1 aliphatic heterocycles. The molecule has 0 saturated carbocycles. The molecule has 1 aliphatic rings. The SMILES string of the molecule is CN1CCN(c2ccc(NC(=O)c3cccc4cn[nH]c34)cc2)CC1. The van der Waals surface area contributed by atoms with E-state index in [1.54, 1.807) is 12.3 Å². The maximum absolute atomic E-state index is 12.6. The smallest absolute Gasteiger partial charge is 0.257 e. The van der Waals surface area contributed by atoms with Crippen molar-refractivity contribution >= 4 is 28.2 Å². The number of piperazine rings is 1. The van der Waals surface area contributed by atoms with Crippen molar-refractivity contribution in [1.82, 2.24) is 15.1 Å². The largest absolute Gasteiger partial charge is 0.369 e. The van der Waals surface area contributed by atoms with Gasteiger partial charge in [0.15, 0.2) is 0 Å². The second-order valence-corrected chi connectivity index (χ2v) is 6.43. The van der Waals surface area contributed by atoms with Gasteiger partial charge in [0.25, 0.3) is 5.91 Å². The number of amides is 1. The lowest BCUT2D eigenvalue weighted by molar-refractivity contribution is 0.102. The number of likely N-dealkylation sites (N-methyl/N-ethyl adjacent to an activating group) is 1. The van der Waals surface area contributed by atoms with Crippen LogP contribution in [0.3, 0.4) is 0 Å². The Morgan fingerprint density at radius 3 is 2.60 bits per heavy atom. The number of hydrogen-bond acceptors (Lipinski definition) is 4. The number of carbonyl (C=O) groups excluding carboxylic acids is 1. The fourth-order valence-electron chi connectivity index (χ4n) is 3.18. The lowest BCUT2D eigenvalue weighted by Gasteiger charge is -2.34. The Morgan fingerprint density at radius 2 is 1.84 bits per heavy atom. The number of H-pyrrole nitrogens is 1. The monoisotopic (exact) mass is 335 g/mol. The summed E-state index contributed by atoms with van der Waals surface area (Å²) in [7, 11) is 2.15. The summed E-state index contributed by atoms with van der Waals surface area (Å²) in [5, 5.41) is 10.8. The highest BCUT2D eigenvalue weighted by Crippen LogP contribution is 2.21. The number of nitrogens with zero attached hydrogens (tertiary/aromatic N) is 3. The summed E-state index contributed by atoms with van der Waals surface area (Å²) in [6.45, 7) is 4.22. The van der Waals surface area contributed by atoms with Crippen molar-refractivity contribution in [3.8, 4) is 0 Å². The molecule has 0 unspecified atom stereocenters. The summed E-state index contributed by atoms with van der Waals surface area (Å²) in [6, 6.07) is 13.6. The number of anilines is 2. The van der Waals surface area contributed by atoms with Gasteiger partial charge in [0.05, 0.1) is 17.3 Å². The first-order valence-corrected chi connectivity index (χ1v) is 8.48. The van der Waals surface area contributed by atoms with Crippen LogP contribution in [-0.4, -0.2) is 54.2 Å². The van der Waals surface area contributed by atoms with Crippen LogP contribution in [0, 0.1) is 0 Å². The van der Waals surface area contributed by atoms with Crippen LogP contribution >= 0.6 is 0 Å². The highest BCUT2D eigenvalue weighted by Gasteiger charge is 2.15. The Bertz CT molecular complexity index is 878. The number of para-hydroxylation sites is 1. The van der Waals surface area contributed by atoms with Crippen LogP contribution in [-0.2, 0) is 0 Å². The highest BCUT2D eigenvalue weighted by atomic mass is 16.1. The Kier molecular flexibility index (Phi) is 4.11. The normalized spacial score (nSPS) is 15.5. The fourth-order valence-corrected chi connectivity index (χ4v) is 3.18. The van der Waals surface area contributed by atoms with Crippen molar-refractivity contribution in [1.29, 1.82) is 0 Å². The summed E-state index contributed by atoms with van der Waals surface area (Å²) < 4.78 is 0. The van der Waals surface area contributed by atoms with E-state index in [2.05, 4.69) is 44.5 Å². The zero-order chi connectivity index (χ0) is 17.2. The summed E-state index contributed by atoms with van der Waals surface area (Å²) in [4.78, 5) is 17.3. The average Bonchev–Trinajstić information content (AvgIpc) is 3.12. The number of rotatable bonds is 3. The average molecular weight is 335 g/mol. The molecule has 0 spiro atoms. The van der Waals surface area contributed by atoms with Gasteiger partial charge in [0.1, 0.15) is 0 Å². The van der Waals surface area contributed by atoms with Gasteiger partial charge < -0.3 is 15.1 Å². The third-order valence-corrected chi connectivity index (χ3v) is 4.71. The van der Waals surface area contributed by atoms with Crippen LogP contribution in [0.25, 0.3) is 10.9 Å². The predicted molar refractivity (Wildman–Crippen MR) is 100 cm³/mol. The minimum Gasteiger partial charge on any atom is -0.369 e. The van der Waals surface area contributed by atoms with Crippen molar-refractivity contribution in [3.05, 3.63) is 54.2 Å². The molecule has 1 aromatic heterocycles. The van der Waals surface area contributed by atoms with Crippen LogP contribution in [0.1, 0.15) is 10.4 Å². The van der Waals surface area contributed by atoms with Crippen molar-refractivity contribution in [3.63, 3.8) is 0 Å². The van der Waals surface area contributed by atoms with Crippen molar-refractivity contribution in [2.45, 2.75) is 0 Å². The predicted octanol–water partition coefficient (Wildman–Crippen LogP) is 2.57. The molecule has 2 N–H and O–H groups in total. The third-order valence-electron chi connectivity index (χ3n) is 4.71. The molecule has 3 aromatic rings. The van der Waals surface area contributed by atoms with Crippen molar-refractivity contribution in [2.24, 2.45) is 0 Å². The molecular weight excluding hydrogens is 314 g/mol. The number of aromatic nitrogens is 2. The molecule has 0 bridgehead atoms. The number of aromatic amines is 1. The van der Waals surface area contributed by atoms with Gasteiger partial charge in [0.2, 0.25) is 0 Å². The van der Waals surface area contributed by atoms with Crippen LogP contribution in [0.5, 0.6) is 0 Å². The molecule has 1 fully saturated rings. The van der Waals surface area contributed by atoms with Gasteiger partial charge in [0, 0.05) is 42.9 Å². The van der Waals surface area contributed by atoms with Crippen LogP contribution < -0.4 is 10.2 Å². The summed E-state index contributed by atoms with van der Waals surface area (Å²) in [5.41, 5.74) is 3.34. The van der Waals surface area contributed by atoms with E-state index in [1.807, 2.05) is 24.3 Å². The lowest BCUT2D eigenvalue weighted by Crippen LogP contribution is -2.44. The molecule has 1 saturated heterocycles. The van der Waals surface area contributed by atoms with Crippen LogP contribution in [0.15, 0.2) is 48.7 Å². The Morgan fingerprint density at radius 1 is 1.08 bits per heavy atom. The van der Waals surface area contributed by atoms with E-state index in [9.17, 15) is 4.79 Å². The van der Waals surface area contributed by atoms with E-state index in [0.717, 1.165) is 42.8 Å². The van der Waals surface area contributed by atoms with E-state index in [4.69, 9.17) is 0 Å². The number of hydrogen-bond donors (Lipinski definition) is 2. The highest BCUT2D eigenvalue weighted by molar-refractivity contribution is 6.11. The number of benzene rings is 2. The van der Waals surface area contributed by atoms with Crippen molar-refractivity contribution in [2.75, 3.05) is 43.4 Å². The van der Waals surface area contributed by atoms with Gasteiger partial charge in [-0.05, 0) is 37.4 Å². The molecule has 25 heavy (non-hydrogen) atoms. The first kappa shape index (κ1) is 15.7. The quantitative estimate of drug-likeness (QED) is 0.772. The Balaban J connectivity index is 1.47. The molecule has 0 atom stereocenters. The van der Waals surface area contributed by atoms with E-state index in [1.165, 1.54) is 5.69 Å². The second kappa shape index (κ2) is 6.57. The van der Waals surface area contributed by atoms with Gasteiger partial charge in [-0.15, -0.1) is 0 Å². The van der Waals surface area contributed by atoms with E-state index < -0.39 is 0 Å². The summed E-state index contributed by atoms with van der Waals surface area (Å²) in [6.07, 6.45) is 1.72. The Labute approximate surface area is 146 Å². The summed E-state index contributed by atoms with van der Waals surface area (Å²) in [5.74, 6) is -0.137. The minimum atomic E-state index is -0.137. The van der Waals surface area contributed by atoms with Gasteiger partial charge in [-0.25, -0.2) is 0 Å². The van der Waals surface area contributed by atoms with Crippen LogP contribution in [0.2, 0.25) is 0 Å². The van der Waals surface area contributed by atoms with Gasteiger partial charge in [-0.1, -0.05) is 12.1 Å². The molecule has 1 amide bonds.